The van der Waals surface area contributed by atoms with Crippen LogP contribution < -0.4 is 0 Å². The van der Waals surface area contributed by atoms with Crippen LogP contribution in [0, 0.1) is 13.8 Å². The molecule has 2 fully saturated rings. The number of carbonyl (C=O) groups excluding carboxylic acids is 1. The van der Waals surface area contributed by atoms with E-state index < -0.39 is 0 Å². The Morgan fingerprint density at radius 3 is 2.52 bits per heavy atom. The lowest BCUT2D eigenvalue weighted by Gasteiger charge is -2.44. The van der Waals surface area contributed by atoms with Crippen molar-refractivity contribution in [1.82, 2.24) is 19.6 Å². The largest absolute Gasteiger partial charge is 0.336 e. The first kappa shape index (κ1) is 16.5. The van der Waals surface area contributed by atoms with Gasteiger partial charge in [-0.25, -0.2) is 0 Å². The van der Waals surface area contributed by atoms with Crippen LogP contribution in [0.2, 0.25) is 0 Å². The summed E-state index contributed by atoms with van der Waals surface area (Å²) in [6.45, 7) is 14.3. The first-order chi connectivity index (χ1) is 10.8. The minimum Gasteiger partial charge on any atom is -0.336 e. The molecule has 0 saturated carbocycles. The van der Waals surface area contributed by atoms with Crippen molar-refractivity contribution in [3.8, 4) is 0 Å². The Labute approximate surface area is 139 Å². The molecule has 0 unspecified atom stereocenters. The molecule has 3 heterocycles. The van der Waals surface area contributed by atoms with Gasteiger partial charge in [0.1, 0.15) is 0 Å². The fourth-order valence-electron chi connectivity index (χ4n) is 4.10. The number of carbonyl (C=O) groups is 1. The van der Waals surface area contributed by atoms with E-state index in [1.807, 2.05) is 18.5 Å². The van der Waals surface area contributed by atoms with Crippen molar-refractivity contribution in [2.75, 3.05) is 26.2 Å². The second kappa shape index (κ2) is 5.93. The zero-order valence-electron chi connectivity index (χ0n) is 15.2. The molecule has 23 heavy (non-hydrogen) atoms. The van der Waals surface area contributed by atoms with Crippen molar-refractivity contribution in [3.63, 3.8) is 0 Å². The maximum atomic E-state index is 13.1. The van der Waals surface area contributed by atoms with Crippen LogP contribution in [-0.4, -0.2) is 57.7 Å². The maximum absolute atomic E-state index is 13.1. The Bertz CT molecular complexity index is 599. The molecular weight excluding hydrogens is 288 g/mol. The molecule has 0 aromatic carbocycles. The quantitative estimate of drug-likeness (QED) is 0.799. The second-order valence-corrected chi connectivity index (χ2v) is 8.07. The van der Waals surface area contributed by atoms with Gasteiger partial charge in [0, 0.05) is 31.4 Å². The van der Waals surface area contributed by atoms with Gasteiger partial charge in [0.2, 0.25) is 0 Å². The van der Waals surface area contributed by atoms with Gasteiger partial charge in [0.25, 0.3) is 5.91 Å². The SMILES string of the molecule is Cc1nn(C(C)(C)C)c(C)c1C(=O)N1CCN2CCCC[C@@H]2C1. The van der Waals surface area contributed by atoms with E-state index in [4.69, 9.17) is 0 Å². The van der Waals surface area contributed by atoms with Gasteiger partial charge < -0.3 is 4.90 Å². The average Bonchev–Trinajstić information content (AvgIpc) is 2.81. The van der Waals surface area contributed by atoms with Gasteiger partial charge in [-0.1, -0.05) is 6.42 Å². The summed E-state index contributed by atoms with van der Waals surface area (Å²) in [6, 6.07) is 0.555. The van der Waals surface area contributed by atoms with E-state index in [1.54, 1.807) is 0 Å². The van der Waals surface area contributed by atoms with E-state index in [1.165, 1.54) is 25.8 Å². The van der Waals surface area contributed by atoms with Gasteiger partial charge >= 0.3 is 0 Å². The molecule has 5 nitrogen and oxygen atoms in total. The molecule has 0 aliphatic carbocycles. The van der Waals surface area contributed by atoms with Crippen molar-refractivity contribution in [2.45, 2.75) is 65.5 Å². The third-order valence-electron chi connectivity index (χ3n) is 5.27. The van der Waals surface area contributed by atoms with E-state index in [2.05, 4.69) is 35.7 Å². The summed E-state index contributed by atoms with van der Waals surface area (Å²) in [5.41, 5.74) is 2.55. The van der Waals surface area contributed by atoms with Gasteiger partial charge in [0.15, 0.2) is 0 Å². The fraction of sp³-hybridized carbons (Fsp3) is 0.778. The smallest absolute Gasteiger partial charge is 0.257 e. The third kappa shape index (κ3) is 3.03. The highest BCUT2D eigenvalue weighted by molar-refractivity contribution is 5.96. The number of hydrogen-bond acceptors (Lipinski definition) is 3. The first-order valence-electron chi connectivity index (χ1n) is 8.89. The normalized spacial score (nSPS) is 23.0. The highest BCUT2D eigenvalue weighted by atomic mass is 16.2. The van der Waals surface area contributed by atoms with Crippen LogP contribution in [0.1, 0.15) is 61.8 Å². The fourth-order valence-corrected chi connectivity index (χ4v) is 4.10. The van der Waals surface area contributed by atoms with Crippen molar-refractivity contribution < 1.29 is 4.79 Å². The summed E-state index contributed by atoms with van der Waals surface area (Å²) in [7, 11) is 0. The molecule has 1 aromatic heterocycles. The van der Waals surface area contributed by atoms with Crippen LogP contribution in [0.4, 0.5) is 0 Å². The number of aryl methyl sites for hydroxylation is 1. The molecule has 0 radical (unpaired) electrons. The van der Waals surface area contributed by atoms with E-state index in [0.717, 1.165) is 36.6 Å². The number of amides is 1. The van der Waals surface area contributed by atoms with E-state index >= 15 is 0 Å². The molecule has 2 aliphatic rings. The number of fused-ring (bicyclic) bond motifs is 1. The molecule has 0 spiro atoms. The topological polar surface area (TPSA) is 41.4 Å². The molecule has 1 amide bonds. The molecule has 2 aliphatic heterocycles. The number of piperazine rings is 1. The molecular formula is C18H30N4O. The standard InChI is InChI=1S/C18H30N4O/c1-13-16(14(2)22(19-13)18(3,4)5)17(23)21-11-10-20-9-7-6-8-15(20)12-21/h15H,6-12H2,1-5H3/t15-/m1/s1. The Hall–Kier alpha value is -1.36. The van der Waals surface area contributed by atoms with Crippen LogP contribution in [-0.2, 0) is 5.54 Å². The predicted octanol–water partition coefficient (Wildman–Crippen LogP) is 2.57. The van der Waals surface area contributed by atoms with Gasteiger partial charge in [-0.2, -0.15) is 5.10 Å². The van der Waals surface area contributed by atoms with Crippen molar-refractivity contribution >= 4 is 5.91 Å². The lowest BCUT2D eigenvalue weighted by atomic mass is 9.99. The van der Waals surface area contributed by atoms with Gasteiger partial charge in [-0.15, -0.1) is 0 Å². The highest BCUT2D eigenvalue weighted by Crippen LogP contribution is 2.25. The van der Waals surface area contributed by atoms with Crippen LogP contribution in [0.3, 0.4) is 0 Å². The average molecular weight is 318 g/mol. The maximum Gasteiger partial charge on any atom is 0.257 e. The number of rotatable bonds is 1. The van der Waals surface area contributed by atoms with Crippen molar-refractivity contribution in [1.29, 1.82) is 0 Å². The van der Waals surface area contributed by atoms with Crippen molar-refractivity contribution in [3.05, 3.63) is 17.0 Å². The highest BCUT2D eigenvalue weighted by Gasteiger charge is 2.34. The molecule has 1 aromatic rings. The van der Waals surface area contributed by atoms with Gasteiger partial charge in [0.05, 0.1) is 16.8 Å². The van der Waals surface area contributed by atoms with Crippen LogP contribution in [0.15, 0.2) is 0 Å². The molecule has 0 N–H and O–H groups in total. The summed E-state index contributed by atoms with van der Waals surface area (Å²) in [5, 5.41) is 4.64. The Morgan fingerprint density at radius 1 is 1.13 bits per heavy atom. The zero-order chi connectivity index (χ0) is 16.8. The van der Waals surface area contributed by atoms with Gasteiger partial charge in [-0.05, 0) is 54.0 Å². The molecule has 5 heteroatoms. The van der Waals surface area contributed by atoms with Crippen LogP contribution in [0.25, 0.3) is 0 Å². The van der Waals surface area contributed by atoms with E-state index in [-0.39, 0.29) is 11.4 Å². The number of nitrogens with zero attached hydrogens (tertiary/aromatic N) is 4. The Morgan fingerprint density at radius 2 is 1.87 bits per heavy atom. The minimum absolute atomic E-state index is 0.102. The summed E-state index contributed by atoms with van der Waals surface area (Å²) in [5.74, 6) is 0.167. The van der Waals surface area contributed by atoms with Crippen molar-refractivity contribution in [2.24, 2.45) is 0 Å². The predicted molar refractivity (Wildman–Crippen MR) is 91.8 cm³/mol. The monoisotopic (exact) mass is 318 g/mol. The number of aromatic nitrogens is 2. The lowest BCUT2D eigenvalue weighted by molar-refractivity contribution is 0.0371. The molecule has 1 atom stereocenters. The lowest BCUT2D eigenvalue weighted by Crippen LogP contribution is -2.56. The summed E-state index contributed by atoms with van der Waals surface area (Å²) in [4.78, 5) is 17.7. The van der Waals surface area contributed by atoms with E-state index in [9.17, 15) is 4.79 Å². The Kier molecular flexibility index (Phi) is 4.25. The summed E-state index contributed by atoms with van der Waals surface area (Å²) < 4.78 is 1.99. The van der Waals surface area contributed by atoms with Crippen LogP contribution >= 0.6 is 0 Å². The second-order valence-electron chi connectivity index (χ2n) is 8.07. The number of piperidine rings is 1. The number of hydrogen-bond donors (Lipinski definition) is 0. The van der Waals surface area contributed by atoms with E-state index in [0.29, 0.717) is 6.04 Å². The minimum atomic E-state index is -0.102. The van der Waals surface area contributed by atoms with Gasteiger partial charge in [-0.3, -0.25) is 14.4 Å². The summed E-state index contributed by atoms with van der Waals surface area (Å²) in [6.07, 6.45) is 3.83. The molecule has 3 rings (SSSR count). The summed E-state index contributed by atoms with van der Waals surface area (Å²) >= 11 is 0. The molecule has 2 saturated heterocycles. The third-order valence-corrected chi connectivity index (χ3v) is 5.27. The zero-order valence-corrected chi connectivity index (χ0v) is 15.2. The molecule has 0 bridgehead atoms. The molecule has 128 valence electrons. The first-order valence-corrected chi connectivity index (χ1v) is 8.89. The Balaban J connectivity index is 1.82. The van der Waals surface area contributed by atoms with Crippen LogP contribution in [0.5, 0.6) is 0 Å².